The fraction of sp³-hybridized carbons (Fsp3) is 0.600. The number of esters is 2. The summed E-state index contributed by atoms with van der Waals surface area (Å²) in [7, 11) is 0. The zero-order valence-corrected chi connectivity index (χ0v) is 11.0. The first-order valence-corrected chi connectivity index (χ1v) is 6.98. The van der Waals surface area contributed by atoms with Crippen LogP contribution in [0.25, 0.3) is 0 Å². The molecule has 0 aromatic heterocycles. The molecule has 0 spiro atoms. The summed E-state index contributed by atoms with van der Waals surface area (Å²) in [4.78, 5) is 23.9. The van der Waals surface area contributed by atoms with E-state index in [-0.39, 0.29) is 53.6 Å². The predicted octanol–water partition coefficient (Wildman–Crippen LogP) is 0.743. The second-order valence-corrected chi connectivity index (χ2v) is 6.70. The summed E-state index contributed by atoms with van der Waals surface area (Å²) in [5, 5.41) is 0. The number of fused-ring (bicyclic) bond motifs is 4. The van der Waals surface area contributed by atoms with Gasteiger partial charge in [0, 0.05) is 22.5 Å². The molecule has 0 aromatic rings. The SMILES string of the molecule is C=C1C(=O)O[C@H]2C[C@@]3(C)[C@@H]4O[C@@H]4C=C4C(=O)O[C@@H]([C@H]12)[C@H]43. The van der Waals surface area contributed by atoms with Gasteiger partial charge in [-0.25, -0.2) is 9.59 Å². The van der Waals surface area contributed by atoms with Gasteiger partial charge in [0.05, 0.1) is 12.0 Å². The molecule has 4 fully saturated rings. The molecule has 0 unspecified atom stereocenters. The number of ether oxygens (including phenoxy) is 3. The molecule has 2 aliphatic carbocycles. The monoisotopic (exact) mass is 274 g/mol. The first-order chi connectivity index (χ1) is 9.50. The van der Waals surface area contributed by atoms with E-state index in [9.17, 15) is 9.59 Å². The molecular weight excluding hydrogens is 260 g/mol. The molecule has 0 bridgehead atoms. The van der Waals surface area contributed by atoms with E-state index in [4.69, 9.17) is 14.2 Å². The Bertz CT molecular complexity index is 620. The van der Waals surface area contributed by atoms with Gasteiger partial charge in [0.2, 0.25) is 0 Å². The highest BCUT2D eigenvalue weighted by molar-refractivity contribution is 5.95. The van der Waals surface area contributed by atoms with Gasteiger partial charge >= 0.3 is 11.9 Å². The molecule has 3 saturated heterocycles. The average Bonchev–Trinajstić information content (AvgIpc) is 3.03. The summed E-state index contributed by atoms with van der Waals surface area (Å²) in [6, 6.07) is 0. The lowest BCUT2D eigenvalue weighted by atomic mass is 9.56. The van der Waals surface area contributed by atoms with Crippen LogP contribution in [0.3, 0.4) is 0 Å². The molecule has 5 aliphatic rings. The Balaban J connectivity index is 1.68. The molecule has 3 heterocycles. The third-order valence-electron chi connectivity index (χ3n) is 5.69. The molecule has 5 nitrogen and oxygen atoms in total. The standard InChI is InChI=1S/C15H14O5/c1-5-9-8(19-13(5)16)4-15(2)10-6(3-7-12(15)18-7)14(17)20-11(9)10/h3,7-12H,1,4H2,2H3/t7-,8+,9-,10+,11+,12-,15-/m1/s1. The zero-order valence-electron chi connectivity index (χ0n) is 11.0. The van der Waals surface area contributed by atoms with Crippen molar-refractivity contribution in [3.05, 3.63) is 23.8 Å². The van der Waals surface area contributed by atoms with Gasteiger partial charge in [-0.15, -0.1) is 0 Å². The van der Waals surface area contributed by atoms with E-state index in [0.717, 1.165) is 5.57 Å². The van der Waals surface area contributed by atoms with E-state index in [1.54, 1.807) is 0 Å². The maximum atomic E-state index is 12.1. The van der Waals surface area contributed by atoms with Crippen LogP contribution in [-0.4, -0.2) is 36.4 Å². The van der Waals surface area contributed by atoms with Gasteiger partial charge in [-0.2, -0.15) is 0 Å². The van der Waals surface area contributed by atoms with Crippen LogP contribution < -0.4 is 0 Å². The van der Waals surface area contributed by atoms with Crippen molar-refractivity contribution < 1.29 is 23.8 Å². The van der Waals surface area contributed by atoms with E-state index >= 15 is 0 Å². The zero-order chi connectivity index (χ0) is 13.8. The number of hydrogen-bond acceptors (Lipinski definition) is 5. The second-order valence-electron chi connectivity index (χ2n) is 6.70. The third kappa shape index (κ3) is 1.03. The Labute approximate surface area is 115 Å². The van der Waals surface area contributed by atoms with Crippen molar-refractivity contribution in [1.29, 1.82) is 0 Å². The summed E-state index contributed by atoms with van der Waals surface area (Å²) < 4.78 is 16.7. The van der Waals surface area contributed by atoms with Crippen LogP contribution in [0, 0.1) is 17.3 Å². The van der Waals surface area contributed by atoms with Crippen molar-refractivity contribution >= 4 is 11.9 Å². The van der Waals surface area contributed by atoms with Crippen molar-refractivity contribution in [3.8, 4) is 0 Å². The number of carbonyl (C=O) groups excluding carboxylic acids is 2. The van der Waals surface area contributed by atoms with Crippen LogP contribution in [0.15, 0.2) is 23.8 Å². The van der Waals surface area contributed by atoms with Crippen LogP contribution >= 0.6 is 0 Å². The molecule has 104 valence electrons. The lowest BCUT2D eigenvalue weighted by molar-refractivity contribution is -0.150. The molecule has 0 radical (unpaired) electrons. The Kier molecular flexibility index (Phi) is 1.67. The van der Waals surface area contributed by atoms with Crippen molar-refractivity contribution in [2.24, 2.45) is 17.3 Å². The van der Waals surface area contributed by atoms with E-state index in [2.05, 4.69) is 13.5 Å². The van der Waals surface area contributed by atoms with Crippen LogP contribution in [0.1, 0.15) is 13.3 Å². The summed E-state index contributed by atoms with van der Waals surface area (Å²) >= 11 is 0. The minimum absolute atomic E-state index is 0.00810. The van der Waals surface area contributed by atoms with Crippen LogP contribution in [-0.2, 0) is 23.8 Å². The second kappa shape index (κ2) is 3.01. The van der Waals surface area contributed by atoms with Crippen molar-refractivity contribution in [2.45, 2.75) is 37.8 Å². The van der Waals surface area contributed by atoms with Crippen molar-refractivity contribution in [2.75, 3.05) is 0 Å². The summed E-state index contributed by atoms with van der Waals surface area (Å²) in [5.41, 5.74) is 0.967. The molecule has 3 aliphatic heterocycles. The van der Waals surface area contributed by atoms with Gasteiger partial charge in [-0.3, -0.25) is 0 Å². The average molecular weight is 274 g/mol. The fourth-order valence-corrected chi connectivity index (χ4v) is 4.78. The summed E-state index contributed by atoms with van der Waals surface area (Å²) in [5.74, 6) is -0.839. The van der Waals surface area contributed by atoms with Gasteiger partial charge in [0.15, 0.2) is 0 Å². The minimum atomic E-state index is -0.357. The molecule has 5 rings (SSSR count). The minimum Gasteiger partial charge on any atom is -0.458 e. The molecule has 20 heavy (non-hydrogen) atoms. The predicted molar refractivity (Wildman–Crippen MR) is 65.3 cm³/mol. The number of epoxide rings is 1. The molecule has 0 amide bonds. The molecule has 7 atom stereocenters. The van der Waals surface area contributed by atoms with Crippen LogP contribution in [0.2, 0.25) is 0 Å². The Morgan fingerprint density at radius 3 is 2.90 bits per heavy atom. The van der Waals surface area contributed by atoms with E-state index < -0.39 is 0 Å². The van der Waals surface area contributed by atoms with E-state index in [0.29, 0.717) is 12.0 Å². The third-order valence-corrected chi connectivity index (χ3v) is 5.69. The van der Waals surface area contributed by atoms with E-state index in [1.807, 2.05) is 6.08 Å². The van der Waals surface area contributed by atoms with Crippen molar-refractivity contribution in [1.82, 2.24) is 0 Å². The van der Waals surface area contributed by atoms with Gasteiger partial charge in [-0.1, -0.05) is 13.5 Å². The summed E-state index contributed by atoms with van der Waals surface area (Å²) in [6.45, 7) is 5.95. The summed E-state index contributed by atoms with van der Waals surface area (Å²) in [6.07, 6.45) is 2.17. The van der Waals surface area contributed by atoms with Gasteiger partial charge < -0.3 is 14.2 Å². The Morgan fingerprint density at radius 2 is 2.10 bits per heavy atom. The Morgan fingerprint density at radius 1 is 1.30 bits per heavy atom. The molecule has 0 N–H and O–H groups in total. The molecule has 1 saturated carbocycles. The number of hydrogen-bond donors (Lipinski definition) is 0. The highest BCUT2D eigenvalue weighted by atomic mass is 16.6. The quantitative estimate of drug-likeness (QED) is 0.370. The molecule has 0 aromatic carbocycles. The largest absolute Gasteiger partial charge is 0.458 e. The maximum absolute atomic E-state index is 12.1. The number of carbonyl (C=O) groups is 2. The lowest BCUT2D eigenvalue weighted by Crippen LogP contribution is -2.52. The number of rotatable bonds is 0. The first-order valence-electron chi connectivity index (χ1n) is 6.98. The van der Waals surface area contributed by atoms with Crippen molar-refractivity contribution in [3.63, 3.8) is 0 Å². The lowest BCUT2D eigenvalue weighted by Gasteiger charge is -2.46. The first kappa shape index (κ1) is 11.1. The highest BCUT2D eigenvalue weighted by Crippen LogP contribution is 2.63. The topological polar surface area (TPSA) is 65.1 Å². The van der Waals surface area contributed by atoms with E-state index in [1.165, 1.54) is 0 Å². The van der Waals surface area contributed by atoms with Crippen LogP contribution in [0.4, 0.5) is 0 Å². The molecular formula is C15H14O5. The fourth-order valence-electron chi connectivity index (χ4n) is 4.78. The van der Waals surface area contributed by atoms with Gasteiger partial charge in [0.25, 0.3) is 0 Å². The normalized spacial score (nSPS) is 54.5. The highest BCUT2D eigenvalue weighted by Gasteiger charge is 2.70. The maximum Gasteiger partial charge on any atom is 0.334 e. The van der Waals surface area contributed by atoms with Gasteiger partial charge in [-0.05, 0) is 12.5 Å². The Hall–Kier alpha value is -1.62. The van der Waals surface area contributed by atoms with Gasteiger partial charge in [0.1, 0.15) is 18.3 Å². The van der Waals surface area contributed by atoms with Crippen LogP contribution in [0.5, 0.6) is 0 Å². The smallest absolute Gasteiger partial charge is 0.334 e. The molecule has 5 heteroatoms.